The first kappa shape index (κ1) is 22.1. The number of carbonyl (C=O) groups is 1. The molecule has 0 bridgehead atoms. The SMILES string of the molecule is CCCn1c(CN(CCC(C)C)C(=O)c2cc(Cl)ccc2OC)nc2cccnc21. The number of carbonyl (C=O) groups excluding carboxylic acids is 1. The highest BCUT2D eigenvalue weighted by Gasteiger charge is 2.23. The van der Waals surface area contributed by atoms with Gasteiger partial charge < -0.3 is 14.2 Å². The number of aromatic nitrogens is 3. The molecule has 6 nitrogen and oxygen atoms in total. The van der Waals surface area contributed by atoms with Gasteiger partial charge in [-0.3, -0.25) is 4.79 Å². The van der Waals surface area contributed by atoms with Crippen molar-refractivity contribution < 1.29 is 9.53 Å². The predicted octanol–water partition coefficient (Wildman–Crippen LogP) is 5.19. The molecule has 7 heteroatoms. The zero-order chi connectivity index (χ0) is 21.7. The fourth-order valence-electron chi connectivity index (χ4n) is 3.44. The molecule has 1 amide bonds. The van der Waals surface area contributed by atoms with Crippen LogP contribution in [-0.4, -0.2) is 39.0 Å². The van der Waals surface area contributed by atoms with Gasteiger partial charge in [0, 0.05) is 24.3 Å². The Labute approximate surface area is 182 Å². The van der Waals surface area contributed by atoms with Gasteiger partial charge in [0.15, 0.2) is 5.65 Å². The molecule has 0 saturated heterocycles. The predicted molar refractivity (Wildman–Crippen MR) is 120 cm³/mol. The lowest BCUT2D eigenvalue weighted by atomic mass is 10.1. The number of aryl methyl sites for hydroxylation is 1. The number of halogens is 1. The number of hydrogen-bond donors (Lipinski definition) is 0. The van der Waals surface area contributed by atoms with E-state index in [1.807, 2.05) is 17.0 Å². The molecule has 0 atom stereocenters. The third kappa shape index (κ3) is 4.93. The number of methoxy groups -OCH3 is 1. The van der Waals surface area contributed by atoms with Crippen molar-refractivity contribution in [1.82, 2.24) is 19.4 Å². The molecule has 0 radical (unpaired) electrons. The lowest BCUT2D eigenvalue weighted by molar-refractivity contribution is 0.0726. The smallest absolute Gasteiger partial charge is 0.258 e. The van der Waals surface area contributed by atoms with Crippen molar-refractivity contribution in [2.24, 2.45) is 5.92 Å². The molecule has 0 aliphatic rings. The summed E-state index contributed by atoms with van der Waals surface area (Å²) in [7, 11) is 1.56. The van der Waals surface area contributed by atoms with Crippen LogP contribution in [0.4, 0.5) is 0 Å². The van der Waals surface area contributed by atoms with Gasteiger partial charge in [0.2, 0.25) is 0 Å². The van der Waals surface area contributed by atoms with E-state index in [1.165, 1.54) is 0 Å². The monoisotopic (exact) mass is 428 g/mol. The molecule has 0 fully saturated rings. The molecule has 0 aliphatic carbocycles. The summed E-state index contributed by atoms with van der Waals surface area (Å²) in [5, 5.41) is 0.505. The summed E-state index contributed by atoms with van der Waals surface area (Å²) in [6.45, 7) is 8.25. The molecule has 30 heavy (non-hydrogen) atoms. The summed E-state index contributed by atoms with van der Waals surface area (Å²) in [6.07, 6.45) is 3.62. The first-order chi connectivity index (χ1) is 14.4. The second kappa shape index (κ2) is 9.94. The first-order valence-electron chi connectivity index (χ1n) is 10.4. The van der Waals surface area contributed by atoms with E-state index in [0.29, 0.717) is 35.3 Å². The molecule has 160 valence electrons. The Bertz CT molecular complexity index is 1020. The van der Waals surface area contributed by atoms with E-state index in [9.17, 15) is 4.79 Å². The fourth-order valence-corrected chi connectivity index (χ4v) is 3.61. The molecule has 3 rings (SSSR count). The van der Waals surface area contributed by atoms with Gasteiger partial charge in [-0.2, -0.15) is 0 Å². The maximum atomic E-state index is 13.5. The molecule has 1 aromatic carbocycles. The maximum absolute atomic E-state index is 13.5. The van der Waals surface area contributed by atoms with Gasteiger partial charge >= 0.3 is 0 Å². The molecule has 0 aliphatic heterocycles. The highest BCUT2D eigenvalue weighted by Crippen LogP contribution is 2.25. The number of nitrogens with zero attached hydrogens (tertiary/aromatic N) is 4. The molecule has 2 heterocycles. The minimum atomic E-state index is -0.113. The van der Waals surface area contributed by atoms with E-state index in [1.54, 1.807) is 31.5 Å². The number of benzene rings is 1. The standard InChI is InChI=1S/C23H29ClN4O2/c1-5-12-28-21(26-19-7-6-11-25-22(19)28)15-27(13-10-16(2)3)23(29)18-14-17(24)8-9-20(18)30-4/h6-9,11,14,16H,5,10,12-13,15H2,1-4H3. The lowest BCUT2D eigenvalue weighted by Gasteiger charge is -2.24. The Kier molecular flexibility index (Phi) is 7.32. The minimum Gasteiger partial charge on any atom is -0.496 e. The second-order valence-electron chi connectivity index (χ2n) is 7.78. The van der Waals surface area contributed by atoms with Crippen molar-refractivity contribution in [3.05, 3.63) is 52.9 Å². The summed E-state index contributed by atoms with van der Waals surface area (Å²) < 4.78 is 7.53. The van der Waals surface area contributed by atoms with Crippen molar-refractivity contribution in [3.63, 3.8) is 0 Å². The number of pyridine rings is 1. The Morgan fingerprint density at radius 2 is 2.10 bits per heavy atom. The van der Waals surface area contributed by atoms with Crippen molar-refractivity contribution >= 4 is 28.7 Å². The Balaban J connectivity index is 1.99. The summed E-state index contributed by atoms with van der Waals surface area (Å²) in [4.78, 5) is 24.6. The second-order valence-corrected chi connectivity index (χ2v) is 8.22. The molecule has 0 spiro atoms. The zero-order valence-electron chi connectivity index (χ0n) is 18.1. The van der Waals surface area contributed by atoms with Crippen LogP contribution in [0.3, 0.4) is 0 Å². The van der Waals surface area contributed by atoms with Gasteiger partial charge in [0.25, 0.3) is 5.91 Å². The lowest BCUT2D eigenvalue weighted by Crippen LogP contribution is -2.33. The number of hydrogen-bond acceptors (Lipinski definition) is 4. The number of ether oxygens (including phenoxy) is 1. The summed E-state index contributed by atoms with van der Waals surface area (Å²) in [5.41, 5.74) is 2.16. The van der Waals surface area contributed by atoms with Gasteiger partial charge in [-0.05, 0) is 49.1 Å². The van der Waals surface area contributed by atoms with E-state index >= 15 is 0 Å². The number of rotatable bonds is 9. The van der Waals surface area contributed by atoms with Gasteiger partial charge in [-0.25, -0.2) is 9.97 Å². The molecular weight excluding hydrogens is 400 g/mol. The molecule has 2 aromatic heterocycles. The summed E-state index contributed by atoms with van der Waals surface area (Å²) in [5.74, 6) is 1.71. The molecule has 0 N–H and O–H groups in total. The molecular formula is C23H29ClN4O2. The molecule has 3 aromatic rings. The van der Waals surface area contributed by atoms with Crippen LogP contribution < -0.4 is 4.74 Å². The van der Waals surface area contributed by atoms with E-state index in [4.69, 9.17) is 21.3 Å². The minimum absolute atomic E-state index is 0.113. The number of fused-ring (bicyclic) bond motifs is 1. The van der Waals surface area contributed by atoms with Crippen LogP contribution in [-0.2, 0) is 13.1 Å². The third-order valence-corrected chi connectivity index (χ3v) is 5.25. The Morgan fingerprint density at radius 1 is 1.30 bits per heavy atom. The Morgan fingerprint density at radius 3 is 2.80 bits per heavy atom. The van der Waals surface area contributed by atoms with Crippen LogP contribution in [0.15, 0.2) is 36.5 Å². The maximum Gasteiger partial charge on any atom is 0.258 e. The van der Waals surface area contributed by atoms with Crippen molar-refractivity contribution in [3.8, 4) is 5.75 Å². The average Bonchev–Trinajstić information content (AvgIpc) is 3.08. The number of imidazole rings is 1. The van der Waals surface area contributed by atoms with Gasteiger partial charge in [0.1, 0.15) is 17.1 Å². The van der Waals surface area contributed by atoms with Gasteiger partial charge in [-0.15, -0.1) is 0 Å². The zero-order valence-corrected chi connectivity index (χ0v) is 18.8. The van der Waals surface area contributed by atoms with Crippen molar-refractivity contribution in [2.45, 2.75) is 46.7 Å². The van der Waals surface area contributed by atoms with Crippen LogP contribution >= 0.6 is 11.6 Å². The van der Waals surface area contributed by atoms with Crippen LogP contribution in [0.1, 0.15) is 49.8 Å². The van der Waals surface area contributed by atoms with E-state index in [-0.39, 0.29) is 5.91 Å². The van der Waals surface area contributed by atoms with Crippen molar-refractivity contribution in [1.29, 1.82) is 0 Å². The van der Waals surface area contributed by atoms with Gasteiger partial charge in [-0.1, -0.05) is 32.4 Å². The molecule has 0 unspecified atom stereocenters. The van der Waals surface area contributed by atoms with E-state index < -0.39 is 0 Å². The highest BCUT2D eigenvalue weighted by molar-refractivity contribution is 6.31. The van der Waals surface area contributed by atoms with Crippen molar-refractivity contribution in [2.75, 3.05) is 13.7 Å². The Hall–Kier alpha value is -2.60. The van der Waals surface area contributed by atoms with E-state index in [0.717, 1.165) is 36.4 Å². The summed E-state index contributed by atoms with van der Waals surface area (Å²) >= 11 is 6.18. The average molecular weight is 429 g/mol. The third-order valence-electron chi connectivity index (χ3n) is 5.02. The van der Waals surface area contributed by atoms with Crippen LogP contribution in [0.5, 0.6) is 5.75 Å². The normalized spacial score (nSPS) is 11.3. The fraction of sp³-hybridized carbons (Fsp3) is 0.435. The topological polar surface area (TPSA) is 60.2 Å². The van der Waals surface area contributed by atoms with Gasteiger partial charge in [0.05, 0.1) is 19.2 Å². The van der Waals surface area contributed by atoms with Crippen LogP contribution in [0.25, 0.3) is 11.2 Å². The van der Waals surface area contributed by atoms with Crippen LogP contribution in [0.2, 0.25) is 5.02 Å². The largest absolute Gasteiger partial charge is 0.496 e. The quantitative estimate of drug-likeness (QED) is 0.470. The van der Waals surface area contributed by atoms with E-state index in [2.05, 4.69) is 30.3 Å². The van der Waals surface area contributed by atoms with Crippen LogP contribution in [0, 0.1) is 5.92 Å². The highest BCUT2D eigenvalue weighted by atomic mass is 35.5. The first-order valence-corrected chi connectivity index (χ1v) is 10.7. The number of amides is 1. The molecule has 0 saturated carbocycles. The summed E-state index contributed by atoms with van der Waals surface area (Å²) in [6, 6.07) is 8.96.